The number of alkyl halides is 1. The quantitative estimate of drug-likeness (QED) is 0.746. The van der Waals surface area contributed by atoms with Crippen LogP contribution in [0.4, 0.5) is 0 Å². The van der Waals surface area contributed by atoms with Gasteiger partial charge in [0.05, 0.1) is 9.35 Å². The normalized spacial score (nSPS) is 23.9. The third-order valence-electron chi connectivity index (χ3n) is 2.87. The maximum absolute atomic E-state index is 12.0. The van der Waals surface area contributed by atoms with Crippen LogP contribution in [0.15, 0.2) is 15.2 Å². The van der Waals surface area contributed by atoms with Crippen molar-refractivity contribution in [3.63, 3.8) is 0 Å². The molecule has 2 nitrogen and oxygen atoms in total. The standard InChI is InChI=1S/C11H13Br2NOS/c1-14(5-7-2-9(12)3-7)11(15)8-4-10(13)16-6-8/h4,6-7,9H,2-3,5H2,1H3. The molecule has 88 valence electrons. The Hall–Kier alpha value is 0.130. The highest BCUT2D eigenvalue weighted by molar-refractivity contribution is 9.11. The van der Waals surface area contributed by atoms with E-state index in [0.717, 1.165) is 15.9 Å². The number of hydrogen-bond donors (Lipinski definition) is 0. The molecule has 1 aromatic heterocycles. The van der Waals surface area contributed by atoms with Crippen LogP contribution in [-0.4, -0.2) is 29.2 Å². The molecule has 0 bridgehead atoms. The van der Waals surface area contributed by atoms with Gasteiger partial charge in [-0.3, -0.25) is 4.79 Å². The molecule has 5 heteroatoms. The molecule has 2 rings (SSSR count). The van der Waals surface area contributed by atoms with Crippen LogP contribution in [-0.2, 0) is 0 Å². The lowest BCUT2D eigenvalue weighted by molar-refractivity contribution is 0.0749. The van der Waals surface area contributed by atoms with Crippen molar-refractivity contribution in [1.82, 2.24) is 4.90 Å². The molecule has 0 unspecified atom stereocenters. The van der Waals surface area contributed by atoms with E-state index in [1.165, 1.54) is 12.8 Å². The lowest BCUT2D eigenvalue weighted by Gasteiger charge is -2.34. The zero-order valence-electron chi connectivity index (χ0n) is 8.95. The highest BCUT2D eigenvalue weighted by Crippen LogP contribution is 2.33. The molecule has 0 spiro atoms. The Balaban J connectivity index is 1.89. The minimum Gasteiger partial charge on any atom is -0.341 e. The first kappa shape index (κ1) is 12.6. The maximum atomic E-state index is 12.0. The number of carbonyl (C=O) groups is 1. The summed E-state index contributed by atoms with van der Waals surface area (Å²) in [5, 5.41) is 1.90. The predicted molar refractivity (Wildman–Crippen MR) is 74.4 cm³/mol. The lowest BCUT2D eigenvalue weighted by atomic mass is 9.85. The fraction of sp³-hybridized carbons (Fsp3) is 0.545. The topological polar surface area (TPSA) is 20.3 Å². The SMILES string of the molecule is CN(CC1CC(Br)C1)C(=O)c1csc(Br)c1. The van der Waals surface area contributed by atoms with Crippen LogP contribution in [0.25, 0.3) is 0 Å². The van der Waals surface area contributed by atoms with E-state index in [-0.39, 0.29) is 5.91 Å². The monoisotopic (exact) mass is 365 g/mol. The molecule has 0 radical (unpaired) electrons. The summed E-state index contributed by atoms with van der Waals surface area (Å²) in [6.07, 6.45) is 2.37. The van der Waals surface area contributed by atoms with Gasteiger partial charge in [-0.05, 0) is 40.8 Å². The van der Waals surface area contributed by atoms with E-state index in [9.17, 15) is 4.79 Å². The molecule has 0 aliphatic heterocycles. The van der Waals surface area contributed by atoms with Crippen LogP contribution >= 0.6 is 43.2 Å². The number of thiophene rings is 1. The van der Waals surface area contributed by atoms with E-state index < -0.39 is 0 Å². The van der Waals surface area contributed by atoms with Crippen molar-refractivity contribution in [1.29, 1.82) is 0 Å². The van der Waals surface area contributed by atoms with Crippen LogP contribution in [0.1, 0.15) is 23.2 Å². The molecule has 1 aliphatic carbocycles. The summed E-state index contributed by atoms with van der Waals surface area (Å²) in [6.45, 7) is 0.869. The number of amides is 1. The first-order valence-electron chi connectivity index (χ1n) is 5.20. The van der Waals surface area contributed by atoms with Gasteiger partial charge in [-0.1, -0.05) is 15.9 Å². The Morgan fingerprint density at radius 3 is 2.81 bits per heavy atom. The number of halogens is 2. The smallest absolute Gasteiger partial charge is 0.254 e. The summed E-state index contributed by atoms with van der Waals surface area (Å²) in [5.74, 6) is 0.792. The van der Waals surface area contributed by atoms with Crippen molar-refractivity contribution in [2.75, 3.05) is 13.6 Å². The summed E-state index contributed by atoms with van der Waals surface area (Å²) in [7, 11) is 1.88. The first-order chi connectivity index (χ1) is 7.56. The first-order valence-corrected chi connectivity index (χ1v) is 7.78. The molecule has 0 aromatic carbocycles. The van der Waals surface area contributed by atoms with E-state index >= 15 is 0 Å². The molecule has 0 saturated heterocycles. The number of nitrogens with zero attached hydrogens (tertiary/aromatic N) is 1. The predicted octanol–water partition coefficient (Wildman–Crippen LogP) is 3.76. The number of carbonyl (C=O) groups excluding carboxylic acids is 1. The van der Waals surface area contributed by atoms with Crippen LogP contribution in [0.3, 0.4) is 0 Å². The third-order valence-corrected chi connectivity index (χ3v) is 5.12. The van der Waals surface area contributed by atoms with E-state index in [1.54, 1.807) is 11.3 Å². The van der Waals surface area contributed by atoms with Gasteiger partial charge in [-0.15, -0.1) is 11.3 Å². The van der Waals surface area contributed by atoms with Gasteiger partial charge in [-0.25, -0.2) is 0 Å². The van der Waals surface area contributed by atoms with Crippen molar-refractivity contribution in [3.05, 3.63) is 20.8 Å². The van der Waals surface area contributed by atoms with Crippen molar-refractivity contribution in [2.24, 2.45) is 5.92 Å². The molecule has 16 heavy (non-hydrogen) atoms. The van der Waals surface area contributed by atoms with Crippen LogP contribution < -0.4 is 0 Å². The van der Waals surface area contributed by atoms with Gasteiger partial charge >= 0.3 is 0 Å². The average Bonchev–Trinajstić information content (AvgIpc) is 2.61. The van der Waals surface area contributed by atoms with Gasteiger partial charge in [0, 0.05) is 23.8 Å². The molecule has 1 saturated carbocycles. The third kappa shape index (κ3) is 2.87. The second-order valence-electron chi connectivity index (χ2n) is 4.26. The summed E-state index contributed by atoms with van der Waals surface area (Å²) in [4.78, 5) is 14.5. The zero-order chi connectivity index (χ0) is 11.7. The van der Waals surface area contributed by atoms with Gasteiger partial charge in [0.25, 0.3) is 5.91 Å². The van der Waals surface area contributed by atoms with Crippen molar-refractivity contribution < 1.29 is 4.79 Å². The van der Waals surface area contributed by atoms with Crippen LogP contribution in [0.5, 0.6) is 0 Å². The Kier molecular flexibility index (Phi) is 4.08. The van der Waals surface area contributed by atoms with Crippen LogP contribution in [0, 0.1) is 5.92 Å². The fourth-order valence-corrected chi connectivity index (χ4v) is 4.10. The second-order valence-corrected chi connectivity index (χ2v) is 7.85. The molecule has 1 heterocycles. The number of rotatable bonds is 3. The van der Waals surface area contributed by atoms with Crippen LogP contribution in [0.2, 0.25) is 0 Å². The number of hydrogen-bond acceptors (Lipinski definition) is 2. The zero-order valence-corrected chi connectivity index (χ0v) is 12.9. The maximum Gasteiger partial charge on any atom is 0.254 e. The molecule has 1 aliphatic rings. The lowest BCUT2D eigenvalue weighted by Crippen LogP contribution is -2.37. The van der Waals surface area contributed by atoms with Gasteiger partial charge in [0.1, 0.15) is 0 Å². The van der Waals surface area contributed by atoms with Crippen molar-refractivity contribution >= 4 is 49.1 Å². The highest BCUT2D eigenvalue weighted by atomic mass is 79.9. The Labute approximate surface area is 116 Å². The Morgan fingerprint density at radius 2 is 2.31 bits per heavy atom. The van der Waals surface area contributed by atoms with Gasteiger partial charge in [-0.2, -0.15) is 0 Å². The van der Waals surface area contributed by atoms with Gasteiger partial charge in [0.15, 0.2) is 0 Å². The Bertz CT molecular complexity index is 387. The van der Waals surface area contributed by atoms with Crippen molar-refractivity contribution in [2.45, 2.75) is 17.7 Å². The summed E-state index contributed by atoms with van der Waals surface area (Å²) in [5.41, 5.74) is 0.786. The molecule has 1 fully saturated rings. The van der Waals surface area contributed by atoms with E-state index in [0.29, 0.717) is 10.7 Å². The largest absolute Gasteiger partial charge is 0.341 e. The van der Waals surface area contributed by atoms with E-state index in [1.807, 2.05) is 23.4 Å². The van der Waals surface area contributed by atoms with Crippen molar-refractivity contribution in [3.8, 4) is 0 Å². The van der Waals surface area contributed by atoms with Gasteiger partial charge < -0.3 is 4.90 Å². The minimum absolute atomic E-state index is 0.125. The molecule has 1 aromatic rings. The summed E-state index contributed by atoms with van der Waals surface area (Å²) >= 11 is 8.49. The molecule has 1 amide bonds. The molecular formula is C11H13Br2NOS. The van der Waals surface area contributed by atoms with Gasteiger partial charge in [0.2, 0.25) is 0 Å². The molecule has 0 atom stereocenters. The van der Waals surface area contributed by atoms with E-state index in [2.05, 4.69) is 31.9 Å². The molecular weight excluding hydrogens is 354 g/mol. The second kappa shape index (κ2) is 5.19. The Morgan fingerprint density at radius 1 is 1.62 bits per heavy atom. The summed E-state index contributed by atoms with van der Waals surface area (Å²) in [6, 6.07) is 1.89. The average molecular weight is 367 g/mol. The molecule has 0 N–H and O–H groups in total. The minimum atomic E-state index is 0.125. The summed E-state index contributed by atoms with van der Waals surface area (Å²) < 4.78 is 1.01. The van der Waals surface area contributed by atoms with E-state index in [4.69, 9.17) is 0 Å². The highest BCUT2D eigenvalue weighted by Gasteiger charge is 2.29. The fourth-order valence-electron chi connectivity index (χ4n) is 1.92.